The zero-order valence-electron chi connectivity index (χ0n) is 9.53. The quantitative estimate of drug-likeness (QED) is 0.880. The molecule has 88 valence electrons. The van der Waals surface area contributed by atoms with Crippen molar-refractivity contribution in [2.75, 3.05) is 0 Å². The van der Waals surface area contributed by atoms with Gasteiger partial charge in [-0.25, -0.2) is 4.79 Å². The fourth-order valence-electron chi connectivity index (χ4n) is 1.15. The maximum Gasteiger partial charge on any atom is 0.341 e. The van der Waals surface area contributed by atoms with Crippen molar-refractivity contribution in [1.82, 2.24) is 0 Å². The summed E-state index contributed by atoms with van der Waals surface area (Å²) in [6.45, 7) is 5.92. The second kappa shape index (κ2) is 5.21. The summed E-state index contributed by atoms with van der Waals surface area (Å²) in [7, 11) is 0. The zero-order valence-corrected chi connectivity index (χ0v) is 10.3. The van der Waals surface area contributed by atoms with Crippen LogP contribution in [0, 0.1) is 5.92 Å². The van der Waals surface area contributed by atoms with E-state index in [-0.39, 0.29) is 16.7 Å². The molecule has 0 bridgehead atoms. The van der Waals surface area contributed by atoms with Gasteiger partial charge in [-0.1, -0.05) is 31.5 Å². The van der Waals surface area contributed by atoms with E-state index in [4.69, 9.17) is 21.4 Å². The number of carboxylic acid groups (broad SMARTS) is 1. The number of hydrogen-bond acceptors (Lipinski definition) is 2. The van der Waals surface area contributed by atoms with Crippen LogP contribution < -0.4 is 4.74 Å². The van der Waals surface area contributed by atoms with Crippen molar-refractivity contribution >= 4 is 17.6 Å². The van der Waals surface area contributed by atoms with Crippen molar-refractivity contribution < 1.29 is 14.6 Å². The number of halogens is 1. The molecule has 0 spiro atoms. The first kappa shape index (κ1) is 12.8. The molecule has 0 saturated heterocycles. The number of ether oxygens (including phenoxy) is 1. The largest absolute Gasteiger partial charge is 0.489 e. The maximum atomic E-state index is 11.0. The molecule has 0 saturated carbocycles. The van der Waals surface area contributed by atoms with Gasteiger partial charge in [0.05, 0.1) is 11.1 Å². The van der Waals surface area contributed by atoms with Crippen LogP contribution in [0.4, 0.5) is 0 Å². The minimum atomic E-state index is -1.07. The summed E-state index contributed by atoms with van der Waals surface area (Å²) in [4.78, 5) is 11.0. The minimum Gasteiger partial charge on any atom is -0.489 e. The van der Waals surface area contributed by atoms with Gasteiger partial charge in [0, 0.05) is 0 Å². The lowest BCUT2D eigenvalue weighted by molar-refractivity contribution is 0.0687. The topological polar surface area (TPSA) is 46.5 Å². The van der Waals surface area contributed by atoms with Crippen LogP contribution in [-0.2, 0) is 0 Å². The first-order valence-electron chi connectivity index (χ1n) is 5.12. The van der Waals surface area contributed by atoms with E-state index in [0.717, 1.165) is 0 Å². The average Bonchev–Trinajstić information content (AvgIpc) is 2.16. The van der Waals surface area contributed by atoms with Gasteiger partial charge in [0.25, 0.3) is 0 Å². The van der Waals surface area contributed by atoms with Crippen LogP contribution in [0.2, 0.25) is 5.02 Å². The number of hydrogen-bond donors (Lipinski definition) is 1. The molecule has 4 heteroatoms. The third-order valence-electron chi connectivity index (χ3n) is 2.44. The highest BCUT2D eigenvalue weighted by molar-refractivity contribution is 6.33. The van der Waals surface area contributed by atoms with Crippen LogP contribution >= 0.6 is 11.6 Å². The van der Waals surface area contributed by atoms with E-state index in [1.54, 1.807) is 12.1 Å². The normalized spacial score (nSPS) is 12.6. The number of benzene rings is 1. The molecule has 0 amide bonds. The molecule has 1 atom stereocenters. The summed E-state index contributed by atoms with van der Waals surface area (Å²) >= 11 is 5.83. The number of rotatable bonds is 4. The lowest BCUT2D eigenvalue weighted by Gasteiger charge is -2.19. The van der Waals surface area contributed by atoms with Gasteiger partial charge in [-0.15, -0.1) is 0 Å². The van der Waals surface area contributed by atoms with E-state index in [9.17, 15) is 4.79 Å². The monoisotopic (exact) mass is 242 g/mol. The first-order valence-corrected chi connectivity index (χ1v) is 5.49. The Morgan fingerprint density at radius 3 is 2.50 bits per heavy atom. The average molecular weight is 243 g/mol. The summed E-state index contributed by atoms with van der Waals surface area (Å²) in [6.07, 6.45) is -0.0587. The van der Waals surface area contributed by atoms with Gasteiger partial charge in [-0.2, -0.15) is 0 Å². The van der Waals surface area contributed by atoms with E-state index in [1.165, 1.54) is 6.07 Å². The zero-order chi connectivity index (χ0) is 12.3. The lowest BCUT2D eigenvalue weighted by Crippen LogP contribution is -2.20. The van der Waals surface area contributed by atoms with Crippen LogP contribution in [-0.4, -0.2) is 17.2 Å². The van der Waals surface area contributed by atoms with Gasteiger partial charge >= 0.3 is 5.97 Å². The van der Waals surface area contributed by atoms with Crippen molar-refractivity contribution in [3.05, 3.63) is 28.8 Å². The van der Waals surface area contributed by atoms with Gasteiger partial charge in [0.15, 0.2) is 0 Å². The number of carboxylic acids is 1. The Morgan fingerprint density at radius 2 is 2.00 bits per heavy atom. The summed E-state index contributed by atoms with van der Waals surface area (Å²) in [5.74, 6) is -0.446. The molecule has 0 radical (unpaired) electrons. The van der Waals surface area contributed by atoms with Crippen LogP contribution in [0.3, 0.4) is 0 Å². The summed E-state index contributed by atoms with van der Waals surface area (Å²) in [5, 5.41) is 9.23. The van der Waals surface area contributed by atoms with Crippen LogP contribution in [0.5, 0.6) is 5.75 Å². The molecule has 1 rings (SSSR count). The van der Waals surface area contributed by atoms with Crippen LogP contribution in [0.25, 0.3) is 0 Å². The van der Waals surface area contributed by atoms with Crippen molar-refractivity contribution in [2.45, 2.75) is 26.9 Å². The second-order valence-electron chi connectivity index (χ2n) is 3.99. The molecule has 16 heavy (non-hydrogen) atoms. The molecule has 0 aromatic heterocycles. The molecular weight excluding hydrogens is 228 g/mol. The second-order valence-corrected chi connectivity index (χ2v) is 4.39. The third-order valence-corrected chi connectivity index (χ3v) is 2.76. The molecule has 1 aromatic carbocycles. The molecule has 1 unspecified atom stereocenters. The fourth-order valence-corrected chi connectivity index (χ4v) is 1.39. The van der Waals surface area contributed by atoms with Crippen LogP contribution in [0.1, 0.15) is 31.1 Å². The summed E-state index contributed by atoms with van der Waals surface area (Å²) in [6, 6.07) is 4.84. The molecule has 0 heterocycles. The molecule has 1 N–H and O–H groups in total. The lowest BCUT2D eigenvalue weighted by atomic mass is 10.1. The highest BCUT2D eigenvalue weighted by Gasteiger charge is 2.18. The Morgan fingerprint density at radius 1 is 1.38 bits per heavy atom. The summed E-state index contributed by atoms with van der Waals surface area (Å²) in [5.41, 5.74) is 0.0247. The van der Waals surface area contributed by atoms with E-state index in [1.807, 2.05) is 20.8 Å². The SMILES string of the molecule is CC(C)C(C)Oc1cccc(Cl)c1C(=O)O. The Kier molecular flexibility index (Phi) is 4.19. The Labute approximate surface area is 100.0 Å². The highest BCUT2D eigenvalue weighted by atomic mass is 35.5. The predicted octanol–water partition coefficient (Wildman–Crippen LogP) is 3.46. The van der Waals surface area contributed by atoms with Gasteiger partial charge < -0.3 is 9.84 Å². The first-order chi connectivity index (χ1) is 7.43. The Bertz CT molecular complexity index is 388. The molecule has 0 fully saturated rings. The smallest absolute Gasteiger partial charge is 0.341 e. The number of carbonyl (C=O) groups is 1. The van der Waals surface area contributed by atoms with Gasteiger partial charge in [0.1, 0.15) is 11.3 Å². The molecular formula is C12H15ClO3. The number of aromatic carboxylic acids is 1. The van der Waals surface area contributed by atoms with Crippen molar-refractivity contribution in [1.29, 1.82) is 0 Å². The Hall–Kier alpha value is -1.22. The van der Waals surface area contributed by atoms with Gasteiger partial charge in [-0.05, 0) is 25.0 Å². The molecule has 0 aliphatic rings. The van der Waals surface area contributed by atoms with Crippen molar-refractivity contribution in [2.24, 2.45) is 5.92 Å². The highest BCUT2D eigenvalue weighted by Crippen LogP contribution is 2.28. The van der Waals surface area contributed by atoms with Crippen molar-refractivity contribution in [3.8, 4) is 5.75 Å². The fraction of sp³-hybridized carbons (Fsp3) is 0.417. The predicted molar refractivity (Wildman–Crippen MR) is 63.3 cm³/mol. The van der Waals surface area contributed by atoms with Gasteiger partial charge in [-0.3, -0.25) is 0 Å². The van der Waals surface area contributed by atoms with Crippen LogP contribution in [0.15, 0.2) is 18.2 Å². The molecule has 0 aliphatic carbocycles. The van der Waals surface area contributed by atoms with E-state index in [0.29, 0.717) is 11.7 Å². The molecule has 1 aromatic rings. The third kappa shape index (κ3) is 2.89. The minimum absolute atomic E-state index is 0.0247. The Balaban J connectivity index is 3.04. The maximum absolute atomic E-state index is 11.0. The van der Waals surface area contributed by atoms with E-state index < -0.39 is 5.97 Å². The van der Waals surface area contributed by atoms with E-state index in [2.05, 4.69) is 0 Å². The summed E-state index contributed by atoms with van der Waals surface area (Å²) < 4.78 is 5.58. The van der Waals surface area contributed by atoms with Crippen molar-refractivity contribution in [3.63, 3.8) is 0 Å². The molecule has 0 aliphatic heterocycles. The van der Waals surface area contributed by atoms with E-state index >= 15 is 0 Å². The molecule has 3 nitrogen and oxygen atoms in total. The van der Waals surface area contributed by atoms with Gasteiger partial charge in [0.2, 0.25) is 0 Å². The standard InChI is InChI=1S/C12H15ClO3/c1-7(2)8(3)16-10-6-4-5-9(13)11(10)12(14)15/h4-8H,1-3H3,(H,14,15).